The highest BCUT2D eigenvalue weighted by Gasteiger charge is 2.56. The highest BCUT2D eigenvalue weighted by Crippen LogP contribution is 2.67. The molecule has 3 fully saturated rings. The fourth-order valence-corrected chi connectivity index (χ4v) is 9.47. The summed E-state index contributed by atoms with van der Waals surface area (Å²) in [6.45, 7) is 8.05. The van der Waals surface area contributed by atoms with E-state index in [2.05, 4.69) is 10.3 Å². The predicted octanol–water partition coefficient (Wildman–Crippen LogP) is 7.18. The third-order valence-corrected chi connectivity index (χ3v) is 13.7. The number of alkyl halides is 2. The Morgan fingerprint density at radius 2 is 1.56 bits per heavy atom. The van der Waals surface area contributed by atoms with Gasteiger partial charge < -0.3 is 24.6 Å². The molecule has 0 bridgehead atoms. The van der Waals surface area contributed by atoms with Crippen molar-refractivity contribution in [1.29, 1.82) is 0 Å². The molecule has 3 aromatic rings. The van der Waals surface area contributed by atoms with E-state index in [0.29, 0.717) is 30.6 Å². The standard InChI is InChI=1S/C41H51F2N4O10PS/c1-39(2,3)37(51)54-23-56-58(53,57-24-55-38(52)40(4,5)6)41(42,43)28-13-16-32-26(18-28)19-33(59-32)34(48)45-20-25-10-9-11-29-14-15-31(47(29)35(25)49)36(50)46-21-27(22-46)30-12-7-8-17-44-30/h7-8,12-13,16-19,25,27,29,31H,9-11,14-15,20-24H2,1-6H3,(H,45,48)/t25?,29-,31-/m0/s1. The van der Waals surface area contributed by atoms with Gasteiger partial charge in [-0.15, -0.1) is 11.3 Å². The molecule has 3 atom stereocenters. The number of amides is 3. The van der Waals surface area contributed by atoms with Crippen molar-refractivity contribution in [2.24, 2.45) is 16.7 Å². The van der Waals surface area contributed by atoms with E-state index < -0.39 is 73.0 Å². The van der Waals surface area contributed by atoms with E-state index in [1.54, 1.807) is 16.0 Å². The molecule has 1 unspecified atom stereocenters. The lowest BCUT2D eigenvalue weighted by Gasteiger charge is -2.42. The number of aromatic nitrogens is 1. The van der Waals surface area contributed by atoms with Crippen molar-refractivity contribution in [3.63, 3.8) is 0 Å². The molecule has 3 aliphatic heterocycles. The van der Waals surface area contributed by atoms with Gasteiger partial charge in [0.1, 0.15) is 6.04 Å². The normalized spacial score (nSPS) is 20.5. The number of rotatable bonds is 13. The highest BCUT2D eigenvalue weighted by atomic mass is 32.1. The summed E-state index contributed by atoms with van der Waals surface area (Å²) in [5.41, 5.74) is -6.22. The summed E-state index contributed by atoms with van der Waals surface area (Å²) >= 11 is 1.04. The maximum absolute atomic E-state index is 16.2. The third kappa shape index (κ3) is 9.69. The van der Waals surface area contributed by atoms with Crippen LogP contribution in [-0.2, 0) is 47.9 Å². The SMILES string of the molecule is CC(C)(C)C(=O)OCOP(=O)(OCOC(=O)C(C)(C)C)C(F)(F)c1ccc2sc(C(=O)NCC3CCC[C@H]4CC[C@@H](C(=O)N5CC(c6ccccn6)C5)N4C3=O)cc2c1. The van der Waals surface area contributed by atoms with Crippen molar-refractivity contribution in [2.75, 3.05) is 33.2 Å². The molecule has 320 valence electrons. The van der Waals surface area contributed by atoms with E-state index in [1.807, 2.05) is 18.2 Å². The zero-order valence-corrected chi connectivity index (χ0v) is 35.7. The molecule has 0 spiro atoms. The summed E-state index contributed by atoms with van der Waals surface area (Å²) in [6.07, 6.45) is 5.13. The second-order valence-electron chi connectivity index (χ2n) is 17.3. The van der Waals surface area contributed by atoms with Gasteiger partial charge in [-0.3, -0.25) is 42.6 Å². The van der Waals surface area contributed by atoms with Crippen molar-refractivity contribution in [3.8, 4) is 0 Å². The van der Waals surface area contributed by atoms with Crippen LogP contribution in [0.3, 0.4) is 0 Å². The lowest BCUT2D eigenvalue weighted by Crippen LogP contribution is -2.57. The molecule has 1 N–H and O–H groups in total. The molecule has 5 heterocycles. The van der Waals surface area contributed by atoms with E-state index >= 15 is 8.78 Å². The lowest BCUT2D eigenvalue weighted by molar-refractivity contribution is -0.163. The fraction of sp³-hybridized carbons (Fsp3) is 0.561. The van der Waals surface area contributed by atoms with Gasteiger partial charge in [-0.2, -0.15) is 8.78 Å². The van der Waals surface area contributed by atoms with Crippen LogP contribution in [0.2, 0.25) is 0 Å². The number of hydrogen-bond acceptors (Lipinski definition) is 12. The Hall–Kier alpha value is -4.31. The number of likely N-dealkylation sites (tertiary alicyclic amines) is 1. The monoisotopic (exact) mass is 860 g/mol. The predicted molar refractivity (Wildman–Crippen MR) is 213 cm³/mol. The molecule has 59 heavy (non-hydrogen) atoms. The largest absolute Gasteiger partial charge is 0.438 e. The number of pyridine rings is 1. The number of nitrogens with one attached hydrogen (secondary N) is 1. The van der Waals surface area contributed by atoms with Gasteiger partial charge in [0.15, 0.2) is 0 Å². The molecular weight excluding hydrogens is 810 g/mol. The summed E-state index contributed by atoms with van der Waals surface area (Å²) in [4.78, 5) is 73.7. The first-order valence-electron chi connectivity index (χ1n) is 19.7. The fourth-order valence-electron chi connectivity index (χ4n) is 7.27. The van der Waals surface area contributed by atoms with Gasteiger partial charge in [0, 0.05) is 53.7 Å². The van der Waals surface area contributed by atoms with E-state index in [1.165, 1.54) is 53.7 Å². The number of ether oxygens (including phenoxy) is 2. The van der Waals surface area contributed by atoms with Gasteiger partial charge in [0.25, 0.3) is 5.91 Å². The summed E-state index contributed by atoms with van der Waals surface area (Å²) in [7, 11) is -5.55. The van der Waals surface area contributed by atoms with Crippen molar-refractivity contribution in [2.45, 2.75) is 97.3 Å². The minimum absolute atomic E-state index is 0.0300. The number of benzene rings is 1. The van der Waals surface area contributed by atoms with Crippen LogP contribution >= 0.6 is 18.9 Å². The number of fused-ring (bicyclic) bond motifs is 2. The lowest BCUT2D eigenvalue weighted by atomic mass is 9.94. The van der Waals surface area contributed by atoms with Gasteiger partial charge in [-0.25, -0.2) is 0 Å². The summed E-state index contributed by atoms with van der Waals surface area (Å²) < 4.78 is 66.4. The Morgan fingerprint density at radius 3 is 2.17 bits per heavy atom. The number of thiophene rings is 1. The van der Waals surface area contributed by atoms with Crippen LogP contribution in [0.15, 0.2) is 48.7 Å². The summed E-state index contributed by atoms with van der Waals surface area (Å²) in [5, 5.41) is 3.07. The van der Waals surface area contributed by atoms with Crippen LogP contribution < -0.4 is 5.32 Å². The quantitative estimate of drug-likeness (QED) is 0.105. The van der Waals surface area contributed by atoms with Gasteiger partial charge >= 0.3 is 25.2 Å². The molecule has 3 saturated heterocycles. The Balaban J connectivity index is 1.11. The number of halogens is 2. The summed E-state index contributed by atoms with van der Waals surface area (Å²) in [6, 6.07) is 9.93. The molecule has 0 aliphatic carbocycles. The third-order valence-electron chi connectivity index (χ3n) is 10.8. The highest BCUT2D eigenvalue weighted by molar-refractivity contribution is 7.54. The Kier molecular flexibility index (Phi) is 13.0. The second kappa shape index (κ2) is 17.3. The zero-order chi connectivity index (χ0) is 42.9. The van der Waals surface area contributed by atoms with E-state index in [4.69, 9.17) is 18.5 Å². The molecule has 1 aromatic carbocycles. The number of carbonyl (C=O) groups excluding carboxylic acids is 5. The van der Waals surface area contributed by atoms with Crippen molar-refractivity contribution in [1.82, 2.24) is 20.1 Å². The van der Waals surface area contributed by atoms with Crippen molar-refractivity contribution >= 4 is 58.7 Å². The maximum Gasteiger partial charge on any atom is 0.410 e. The van der Waals surface area contributed by atoms with Gasteiger partial charge in [-0.05, 0) is 103 Å². The Morgan fingerprint density at radius 1 is 0.898 bits per heavy atom. The number of carbonyl (C=O) groups is 5. The number of hydrogen-bond donors (Lipinski definition) is 1. The Labute approximate surface area is 345 Å². The van der Waals surface area contributed by atoms with Crippen LogP contribution in [0.1, 0.15) is 100 Å². The van der Waals surface area contributed by atoms with E-state index in [0.717, 1.165) is 48.4 Å². The van der Waals surface area contributed by atoms with Gasteiger partial charge in [0.05, 0.1) is 21.6 Å². The van der Waals surface area contributed by atoms with Gasteiger partial charge in [0.2, 0.25) is 25.4 Å². The van der Waals surface area contributed by atoms with Crippen LogP contribution in [0, 0.1) is 16.7 Å². The van der Waals surface area contributed by atoms with E-state index in [9.17, 15) is 28.5 Å². The molecule has 0 radical (unpaired) electrons. The minimum atomic E-state index is -5.55. The second-order valence-corrected chi connectivity index (χ2v) is 20.4. The first-order chi connectivity index (χ1) is 27.7. The molecule has 0 saturated carbocycles. The van der Waals surface area contributed by atoms with E-state index in [-0.39, 0.29) is 40.6 Å². The molecule has 3 aliphatic rings. The number of esters is 2. The molecule has 6 rings (SSSR count). The van der Waals surface area contributed by atoms with Crippen molar-refractivity contribution < 1.29 is 55.8 Å². The maximum atomic E-state index is 16.2. The molecule has 18 heteroatoms. The average molecular weight is 861 g/mol. The van der Waals surface area contributed by atoms with Crippen LogP contribution in [0.5, 0.6) is 0 Å². The summed E-state index contributed by atoms with van der Waals surface area (Å²) in [5.74, 6) is -2.74. The molecule has 14 nitrogen and oxygen atoms in total. The molecule has 2 aromatic heterocycles. The first-order valence-corrected chi connectivity index (χ1v) is 22.0. The molecular formula is C41H51F2N4O10PS. The van der Waals surface area contributed by atoms with Crippen LogP contribution in [-0.4, -0.2) is 89.7 Å². The Bertz CT molecular complexity index is 2080. The first kappa shape index (κ1) is 44.2. The smallest absolute Gasteiger partial charge is 0.410 e. The van der Waals surface area contributed by atoms with Crippen LogP contribution in [0.25, 0.3) is 10.1 Å². The number of nitrogens with zero attached hydrogens (tertiary/aromatic N) is 3. The average Bonchev–Trinajstić information content (AvgIpc) is 3.75. The zero-order valence-electron chi connectivity index (χ0n) is 34.0. The minimum Gasteiger partial charge on any atom is -0.438 e. The molecule has 3 amide bonds. The van der Waals surface area contributed by atoms with Gasteiger partial charge in [-0.1, -0.05) is 18.6 Å². The van der Waals surface area contributed by atoms with Crippen molar-refractivity contribution in [3.05, 3.63) is 64.8 Å². The van der Waals surface area contributed by atoms with Crippen LogP contribution in [0.4, 0.5) is 8.78 Å². The topological polar surface area (TPSA) is 171 Å².